The van der Waals surface area contributed by atoms with E-state index >= 15 is 0 Å². The number of benzene rings is 3. The molecule has 0 spiro atoms. The number of aromatic nitrogens is 4. The molecule has 0 saturated carbocycles. The largest absolute Gasteiger partial charge is 0.483 e. The number of carbonyl (C=O) groups is 1. The smallest absolute Gasteiger partial charge is 0.234 e. The van der Waals surface area contributed by atoms with E-state index in [1.54, 1.807) is 29.0 Å². The fraction of sp³-hybridized carbons (Fsp3) is 0.0769. The molecular formula is C26H20FN5O2S. The molecule has 0 aliphatic carbocycles. The van der Waals surface area contributed by atoms with E-state index in [0.29, 0.717) is 16.7 Å². The number of hydrogen-bond acceptors (Lipinski definition) is 6. The summed E-state index contributed by atoms with van der Waals surface area (Å²) in [5.74, 6) is 0.109. The highest BCUT2D eigenvalue weighted by Gasteiger charge is 2.17. The second-order valence-corrected chi connectivity index (χ2v) is 8.44. The Morgan fingerprint density at radius 2 is 1.77 bits per heavy atom. The maximum Gasteiger partial charge on any atom is 0.234 e. The summed E-state index contributed by atoms with van der Waals surface area (Å²) in [7, 11) is 0. The standard InChI is InChI=1S/C26H20FN5O2S/c27-20-11-4-5-14-23(20)34-16-24-30-31-26(32(24)18-8-2-1-3-9-18)35-17-25(33)29-22-13-6-12-21-19(22)10-7-15-28-21/h1-15H,16-17H2,(H,29,33). The molecule has 0 bridgehead atoms. The predicted molar refractivity (Wildman–Crippen MR) is 133 cm³/mol. The second-order valence-electron chi connectivity index (χ2n) is 7.50. The Kier molecular flexibility index (Phi) is 6.67. The highest BCUT2D eigenvalue weighted by atomic mass is 32.2. The lowest BCUT2D eigenvalue weighted by Gasteiger charge is -2.12. The summed E-state index contributed by atoms with van der Waals surface area (Å²) in [6.07, 6.45) is 1.72. The van der Waals surface area contributed by atoms with Gasteiger partial charge in [0.1, 0.15) is 6.61 Å². The topological polar surface area (TPSA) is 81.9 Å². The van der Waals surface area contributed by atoms with Crippen LogP contribution >= 0.6 is 11.8 Å². The molecule has 0 saturated heterocycles. The molecule has 7 nitrogen and oxygen atoms in total. The van der Waals surface area contributed by atoms with Crippen LogP contribution in [-0.4, -0.2) is 31.4 Å². The zero-order chi connectivity index (χ0) is 24.0. The molecule has 3 aromatic carbocycles. The molecule has 35 heavy (non-hydrogen) atoms. The molecule has 0 aliphatic heterocycles. The van der Waals surface area contributed by atoms with Gasteiger partial charge in [-0.15, -0.1) is 10.2 Å². The first kappa shape index (κ1) is 22.5. The molecule has 5 rings (SSSR count). The van der Waals surface area contributed by atoms with Crippen LogP contribution in [-0.2, 0) is 11.4 Å². The third-order valence-electron chi connectivity index (χ3n) is 5.16. The van der Waals surface area contributed by atoms with Gasteiger partial charge in [-0.25, -0.2) is 4.39 Å². The van der Waals surface area contributed by atoms with Crippen LogP contribution in [0.3, 0.4) is 0 Å². The van der Waals surface area contributed by atoms with E-state index < -0.39 is 5.82 Å². The van der Waals surface area contributed by atoms with Gasteiger partial charge >= 0.3 is 0 Å². The van der Waals surface area contributed by atoms with Crippen LogP contribution in [0.25, 0.3) is 16.6 Å². The highest BCUT2D eigenvalue weighted by Crippen LogP contribution is 2.25. The Bertz CT molecular complexity index is 1470. The molecule has 9 heteroatoms. The van der Waals surface area contributed by atoms with Crippen molar-refractivity contribution in [1.29, 1.82) is 0 Å². The zero-order valence-electron chi connectivity index (χ0n) is 18.5. The van der Waals surface area contributed by atoms with Crippen molar-refractivity contribution in [1.82, 2.24) is 19.7 Å². The van der Waals surface area contributed by atoms with Crippen molar-refractivity contribution in [3.8, 4) is 11.4 Å². The van der Waals surface area contributed by atoms with Gasteiger partial charge in [-0.2, -0.15) is 0 Å². The van der Waals surface area contributed by atoms with Gasteiger partial charge in [0, 0.05) is 17.3 Å². The number of amides is 1. The number of para-hydroxylation sites is 2. The summed E-state index contributed by atoms with van der Waals surface area (Å²) in [5, 5.41) is 12.9. The fourth-order valence-electron chi connectivity index (χ4n) is 3.56. The van der Waals surface area contributed by atoms with E-state index in [2.05, 4.69) is 20.5 Å². The number of pyridine rings is 1. The van der Waals surface area contributed by atoms with Crippen molar-refractivity contribution in [2.75, 3.05) is 11.1 Å². The van der Waals surface area contributed by atoms with Gasteiger partial charge in [0.2, 0.25) is 5.91 Å². The molecule has 0 fully saturated rings. The first-order valence-electron chi connectivity index (χ1n) is 10.8. The number of hydrogen-bond donors (Lipinski definition) is 1. The molecule has 1 amide bonds. The Morgan fingerprint density at radius 3 is 2.63 bits per heavy atom. The maximum atomic E-state index is 14.0. The normalized spacial score (nSPS) is 10.9. The minimum absolute atomic E-state index is 0.0125. The lowest BCUT2D eigenvalue weighted by molar-refractivity contribution is -0.113. The third-order valence-corrected chi connectivity index (χ3v) is 6.09. The van der Waals surface area contributed by atoms with Crippen LogP contribution in [0.5, 0.6) is 5.75 Å². The van der Waals surface area contributed by atoms with Crippen molar-refractivity contribution >= 4 is 34.3 Å². The van der Waals surface area contributed by atoms with Gasteiger partial charge in [-0.05, 0) is 48.5 Å². The molecule has 174 valence electrons. The van der Waals surface area contributed by atoms with Crippen molar-refractivity contribution in [3.05, 3.63) is 103 Å². The predicted octanol–water partition coefficient (Wildman–Crippen LogP) is 5.26. The maximum absolute atomic E-state index is 14.0. The lowest BCUT2D eigenvalue weighted by Crippen LogP contribution is -2.15. The lowest BCUT2D eigenvalue weighted by atomic mass is 10.2. The molecule has 2 aromatic heterocycles. The van der Waals surface area contributed by atoms with Gasteiger partial charge in [-0.3, -0.25) is 14.3 Å². The van der Waals surface area contributed by atoms with Crippen LogP contribution in [0.1, 0.15) is 5.82 Å². The van der Waals surface area contributed by atoms with Crippen LogP contribution in [0.2, 0.25) is 0 Å². The number of rotatable bonds is 8. The van der Waals surface area contributed by atoms with Gasteiger partial charge < -0.3 is 10.1 Å². The molecule has 1 N–H and O–H groups in total. The fourth-order valence-corrected chi connectivity index (χ4v) is 4.33. The SMILES string of the molecule is O=C(CSc1nnc(COc2ccccc2F)n1-c1ccccc1)Nc1cccc2ncccc12. The van der Waals surface area contributed by atoms with Crippen molar-refractivity contribution in [2.45, 2.75) is 11.8 Å². The van der Waals surface area contributed by atoms with Crippen molar-refractivity contribution < 1.29 is 13.9 Å². The highest BCUT2D eigenvalue weighted by molar-refractivity contribution is 7.99. The van der Waals surface area contributed by atoms with E-state index in [1.165, 1.54) is 17.8 Å². The summed E-state index contributed by atoms with van der Waals surface area (Å²) in [6.45, 7) is 0.0125. The molecule has 0 aliphatic rings. The summed E-state index contributed by atoms with van der Waals surface area (Å²) in [4.78, 5) is 17.1. The van der Waals surface area contributed by atoms with Crippen molar-refractivity contribution in [3.63, 3.8) is 0 Å². The molecule has 5 aromatic rings. The van der Waals surface area contributed by atoms with Gasteiger partial charge in [0.05, 0.1) is 17.0 Å². The van der Waals surface area contributed by atoms with E-state index in [9.17, 15) is 9.18 Å². The summed E-state index contributed by atoms with van der Waals surface area (Å²) >= 11 is 1.25. The first-order chi connectivity index (χ1) is 17.2. The zero-order valence-corrected chi connectivity index (χ0v) is 19.3. The Labute approximate surface area is 205 Å². The second kappa shape index (κ2) is 10.4. The Hall–Kier alpha value is -4.24. The number of nitrogens with zero attached hydrogens (tertiary/aromatic N) is 4. The summed E-state index contributed by atoms with van der Waals surface area (Å²) in [6, 6.07) is 25.0. The number of ether oxygens (including phenoxy) is 1. The van der Waals surface area contributed by atoms with Crippen molar-refractivity contribution in [2.24, 2.45) is 0 Å². The number of carbonyl (C=O) groups excluding carboxylic acids is 1. The summed E-state index contributed by atoms with van der Waals surface area (Å²) < 4.78 is 21.4. The van der Waals surface area contributed by atoms with E-state index in [4.69, 9.17) is 4.74 Å². The molecule has 0 unspecified atom stereocenters. The minimum Gasteiger partial charge on any atom is -0.483 e. The van der Waals surface area contributed by atoms with Crippen LogP contribution < -0.4 is 10.1 Å². The number of anilines is 1. The quantitative estimate of drug-likeness (QED) is 0.302. The average molecular weight is 486 g/mol. The Morgan fingerprint density at radius 1 is 0.943 bits per heavy atom. The van der Waals surface area contributed by atoms with Crippen LogP contribution in [0.15, 0.2) is 96.3 Å². The van der Waals surface area contributed by atoms with Gasteiger partial charge in [-0.1, -0.05) is 48.2 Å². The molecular weight excluding hydrogens is 465 g/mol. The third kappa shape index (κ3) is 5.15. The molecule has 0 radical (unpaired) electrons. The van der Waals surface area contributed by atoms with E-state index in [1.807, 2.05) is 60.7 Å². The molecule has 0 atom stereocenters. The average Bonchev–Trinajstić information content (AvgIpc) is 3.30. The number of nitrogens with one attached hydrogen (secondary N) is 1. The van der Waals surface area contributed by atoms with Gasteiger partial charge in [0.25, 0.3) is 0 Å². The molecule has 2 heterocycles. The minimum atomic E-state index is -0.451. The number of halogens is 1. The Balaban J connectivity index is 1.33. The first-order valence-corrected chi connectivity index (χ1v) is 11.8. The monoisotopic (exact) mass is 485 g/mol. The number of thioether (sulfide) groups is 1. The van der Waals surface area contributed by atoms with Crippen LogP contribution in [0, 0.1) is 5.82 Å². The van der Waals surface area contributed by atoms with Gasteiger partial charge in [0.15, 0.2) is 22.5 Å². The van der Waals surface area contributed by atoms with E-state index in [-0.39, 0.29) is 24.0 Å². The van der Waals surface area contributed by atoms with E-state index in [0.717, 1.165) is 16.6 Å². The number of fused-ring (bicyclic) bond motifs is 1. The summed E-state index contributed by atoms with van der Waals surface area (Å²) in [5.41, 5.74) is 2.32. The van der Waals surface area contributed by atoms with Crippen LogP contribution in [0.4, 0.5) is 10.1 Å².